The molecule has 0 heteroatoms. The van der Waals surface area contributed by atoms with Crippen LogP contribution in [0.25, 0.3) is 0 Å². The average molecular weight is 236 g/mol. The van der Waals surface area contributed by atoms with Gasteiger partial charge in [0.25, 0.3) is 0 Å². The van der Waals surface area contributed by atoms with Gasteiger partial charge >= 0.3 is 0 Å². The lowest BCUT2D eigenvalue weighted by molar-refractivity contribution is 0.394. The van der Waals surface area contributed by atoms with E-state index in [1.165, 1.54) is 36.8 Å². The maximum absolute atomic E-state index is 2.29. The summed E-state index contributed by atoms with van der Waals surface area (Å²) >= 11 is 0. The highest BCUT2D eigenvalue weighted by Crippen LogP contribution is 2.40. The van der Waals surface area contributed by atoms with Gasteiger partial charge in [-0.25, -0.2) is 0 Å². The summed E-state index contributed by atoms with van der Waals surface area (Å²) < 4.78 is 0. The molecule has 18 heavy (non-hydrogen) atoms. The molecule has 0 aromatic heterocycles. The van der Waals surface area contributed by atoms with E-state index in [4.69, 9.17) is 0 Å². The van der Waals surface area contributed by atoms with Crippen molar-refractivity contribution in [2.45, 2.75) is 37.5 Å². The fraction of sp³-hybridized carbons (Fsp3) is 0.333. The molecule has 0 radical (unpaired) electrons. The third kappa shape index (κ3) is 2.48. The van der Waals surface area contributed by atoms with Crippen molar-refractivity contribution in [3.8, 4) is 0 Å². The molecule has 0 nitrogen and oxygen atoms in total. The smallest absolute Gasteiger partial charge is 0.0156 e. The molecule has 0 heterocycles. The topological polar surface area (TPSA) is 0 Å². The van der Waals surface area contributed by atoms with Gasteiger partial charge in [0.05, 0.1) is 0 Å². The minimum atomic E-state index is 0.755. The maximum Gasteiger partial charge on any atom is -0.0156 e. The molecule has 2 aromatic rings. The number of benzene rings is 2. The van der Waals surface area contributed by atoms with Crippen LogP contribution in [0.1, 0.15) is 48.6 Å². The zero-order valence-electron chi connectivity index (χ0n) is 10.8. The summed E-state index contributed by atoms with van der Waals surface area (Å²) in [6, 6.07) is 22.1. The molecule has 1 saturated carbocycles. The van der Waals surface area contributed by atoms with E-state index in [9.17, 15) is 0 Å². The van der Waals surface area contributed by atoms with Crippen LogP contribution in [0.4, 0.5) is 0 Å². The fourth-order valence-electron chi connectivity index (χ4n) is 3.25. The summed E-state index contributed by atoms with van der Waals surface area (Å²) in [5.41, 5.74) is 3.05. The summed E-state index contributed by atoms with van der Waals surface area (Å²) in [7, 11) is 0. The lowest BCUT2D eigenvalue weighted by Gasteiger charge is -2.29. The molecule has 0 aliphatic heterocycles. The molecule has 0 N–H and O–H groups in total. The second-order valence-corrected chi connectivity index (χ2v) is 5.38. The predicted octanol–water partition coefficient (Wildman–Crippen LogP) is 5.13. The molecule has 0 unspecified atom stereocenters. The minimum Gasteiger partial charge on any atom is -0.0622 e. The Hall–Kier alpha value is -1.56. The molecule has 0 saturated heterocycles. The highest BCUT2D eigenvalue weighted by molar-refractivity contribution is 5.24. The van der Waals surface area contributed by atoms with Gasteiger partial charge in [0, 0.05) is 0 Å². The quantitative estimate of drug-likeness (QED) is 0.678. The van der Waals surface area contributed by atoms with Crippen LogP contribution in [-0.4, -0.2) is 0 Å². The first-order chi connectivity index (χ1) is 8.93. The minimum absolute atomic E-state index is 0.755. The van der Waals surface area contributed by atoms with E-state index in [2.05, 4.69) is 60.7 Å². The van der Waals surface area contributed by atoms with Crippen molar-refractivity contribution in [1.82, 2.24) is 0 Å². The molecule has 3 rings (SSSR count). The molecule has 0 bridgehead atoms. The lowest BCUT2D eigenvalue weighted by atomic mass is 9.75. The summed E-state index contributed by atoms with van der Waals surface area (Å²) in [6.07, 6.45) is 5.38. The monoisotopic (exact) mass is 236 g/mol. The van der Waals surface area contributed by atoms with Crippen LogP contribution in [0.5, 0.6) is 0 Å². The van der Waals surface area contributed by atoms with Crippen LogP contribution >= 0.6 is 0 Å². The Kier molecular flexibility index (Phi) is 3.45. The molecule has 0 amide bonds. The van der Waals surface area contributed by atoms with Crippen LogP contribution in [0.3, 0.4) is 0 Å². The van der Waals surface area contributed by atoms with E-state index < -0.39 is 0 Å². The van der Waals surface area contributed by atoms with E-state index in [1.807, 2.05) is 0 Å². The lowest BCUT2D eigenvalue weighted by Crippen LogP contribution is -2.12. The van der Waals surface area contributed by atoms with E-state index in [-0.39, 0.29) is 0 Å². The van der Waals surface area contributed by atoms with Crippen LogP contribution in [0, 0.1) is 0 Å². The molecular formula is C18H20. The standard InChI is InChI=1S/C18H20/c1-3-8-15(9-4-1)17-12-7-13-18(14-17)16-10-5-2-6-11-16/h1-6,8-11,17-18H,7,12-14H2/t17-,18+. The Morgan fingerprint density at radius 2 is 1.06 bits per heavy atom. The van der Waals surface area contributed by atoms with Crippen LogP contribution in [-0.2, 0) is 0 Å². The van der Waals surface area contributed by atoms with E-state index in [1.54, 1.807) is 0 Å². The Morgan fingerprint density at radius 3 is 1.50 bits per heavy atom. The Balaban J connectivity index is 1.77. The number of hydrogen-bond acceptors (Lipinski definition) is 0. The van der Waals surface area contributed by atoms with E-state index in [0.29, 0.717) is 0 Å². The molecule has 1 fully saturated rings. The van der Waals surface area contributed by atoms with Crippen molar-refractivity contribution < 1.29 is 0 Å². The zero-order chi connectivity index (χ0) is 12.2. The molecule has 2 aromatic carbocycles. The molecular weight excluding hydrogens is 216 g/mol. The molecule has 0 spiro atoms. The van der Waals surface area contributed by atoms with Crippen LogP contribution < -0.4 is 0 Å². The maximum atomic E-state index is 2.29. The van der Waals surface area contributed by atoms with Gasteiger partial charge in [-0.2, -0.15) is 0 Å². The first kappa shape index (κ1) is 11.5. The van der Waals surface area contributed by atoms with Crippen molar-refractivity contribution in [2.75, 3.05) is 0 Å². The van der Waals surface area contributed by atoms with Gasteiger partial charge in [0.15, 0.2) is 0 Å². The molecule has 1 aliphatic rings. The second kappa shape index (κ2) is 5.39. The first-order valence-corrected chi connectivity index (χ1v) is 7.03. The first-order valence-electron chi connectivity index (χ1n) is 7.03. The highest BCUT2D eigenvalue weighted by atomic mass is 14.3. The van der Waals surface area contributed by atoms with Crippen molar-refractivity contribution in [3.05, 3.63) is 71.8 Å². The predicted molar refractivity (Wildman–Crippen MR) is 76.8 cm³/mol. The third-order valence-corrected chi connectivity index (χ3v) is 4.22. The molecule has 2 atom stereocenters. The fourth-order valence-corrected chi connectivity index (χ4v) is 3.25. The van der Waals surface area contributed by atoms with Crippen molar-refractivity contribution >= 4 is 0 Å². The van der Waals surface area contributed by atoms with Crippen LogP contribution in [0.2, 0.25) is 0 Å². The van der Waals surface area contributed by atoms with Crippen molar-refractivity contribution in [1.29, 1.82) is 0 Å². The van der Waals surface area contributed by atoms with Crippen molar-refractivity contribution in [2.24, 2.45) is 0 Å². The summed E-state index contributed by atoms with van der Waals surface area (Å²) in [4.78, 5) is 0. The molecule has 92 valence electrons. The average Bonchev–Trinajstić information content (AvgIpc) is 2.49. The summed E-state index contributed by atoms with van der Waals surface area (Å²) in [5.74, 6) is 1.51. The van der Waals surface area contributed by atoms with Crippen LogP contribution in [0.15, 0.2) is 60.7 Å². The van der Waals surface area contributed by atoms with Gasteiger partial charge in [-0.1, -0.05) is 67.1 Å². The Morgan fingerprint density at radius 1 is 0.611 bits per heavy atom. The SMILES string of the molecule is c1ccc([C@@H]2CCC[C@H](c3ccccc3)C2)cc1. The van der Waals surface area contributed by atoms with Gasteiger partial charge in [-0.05, 0) is 42.2 Å². The number of rotatable bonds is 2. The van der Waals surface area contributed by atoms with E-state index in [0.717, 1.165) is 11.8 Å². The third-order valence-electron chi connectivity index (χ3n) is 4.22. The Bertz CT molecular complexity index is 426. The summed E-state index contributed by atoms with van der Waals surface area (Å²) in [5, 5.41) is 0. The highest BCUT2D eigenvalue weighted by Gasteiger charge is 2.23. The Labute approximate surface area is 110 Å². The normalized spacial score (nSPS) is 23.8. The van der Waals surface area contributed by atoms with E-state index >= 15 is 0 Å². The van der Waals surface area contributed by atoms with Gasteiger partial charge in [0.2, 0.25) is 0 Å². The second-order valence-electron chi connectivity index (χ2n) is 5.38. The van der Waals surface area contributed by atoms with Gasteiger partial charge in [0.1, 0.15) is 0 Å². The largest absolute Gasteiger partial charge is 0.0622 e. The summed E-state index contributed by atoms with van der Waals surface area (Å²) in [6.45, 7) is 0. The number of hydrogen-bond donors (Lipinski definition) is 0. The molecule has 1 aliphatic carbocycles. The van der Waals surface area contributed by atoms with Gasteiger partial charge in [-0.3, -0.25) is 0 Å². The van der Waals surface area contributed by atoms with Crippen molar-refractivity contribution in [3.63, 3.8) is 0 Å². The zero-order valence-corrected chi connectivity index (χ0v) is 10.8. The van der Waals surface area contributed by atoms with Gasteiger partial charge in [-0.15, -0.1) is 0 Å². The van der Waals surface area contributed by atoms with Gasteiger partial charge < -0.3 is 0 Å².